The van der Waals surface area contributed by atoms with E-state index in [1.54, 1.807) is 6.33 Å². The molecule has 1 saturated carbocycles. The van der Waals surface area contributed by atoms with Gasteiger partial charge in [0.2, 0.25) is 0 Å². The molecule has 70 valence electrons. The van der Waals surface area contributed by atoms with Crippen LogP contribution in [0.5, 0.6) is 0 Å². The topological polar surface area (TPSA) is 37.8 Å². The Morgan fingerprint density at radius 2 is 2.31 bits per heavy atom. The summed E-state index contributed by atoms with van der Waals surface area (Å²) in [5.74, 6) is 1.58. The first-order chi connectivity index (χ1) is 6.33. The summed E-state index contributed by atoms with van der Waals surface area (Å²) in [5.41, 5.74) is 1.16. The van der Waals surface area contributed by atoms with Crippen LogP contribution in [0.1, 0.15) is 31.4 Å². The second-order valence-electron chi connectivity index (χ2n) is 3.23. The fourth-order valence-corrected chi connectivity index (χ4v) is 1.98. The summed E-state index contributed by atoms with van der Waals surface area (Å²) in [6.45, 7) is 2.95. The molecule has 2 rings (SSSR count). The molecule has 0 spiro atoms. The normalized spacial score (nSPS) is 15.8. The monoisotopic (exact) mass is 241 g/mol. The average Bonchev–Trinajstić information content (AvgIpc) is 2.92. The van der Waals surface area contributed by atoms with E-state index in [4.69, 9.17) is 0 Å². The maximum Gasteiger partial charge on any atom is 0.144 e. The minimum absolute atomic E-state index is 0.662. The van der Waals surface area contributed by atoms with Gasteiger partial charge in [-0.1, -0.05) is 0 Å². The molecule has 0 aliphatic heterocycles. The Balaban J connectivity index is 2.30. The van der Waals surface area contributed by atoms with Gasteiger partial charge in [0.15, 0.2) is 0 Å². The highest BCUT2D eigenvalue weighted by molar-refractivity contribution is 9.10. The minimum Gasteiger partial charge on any atom is -0.369 e. The molecule has 3 nitrogen and oxygen atoms in total. The molecule has 0 saturated heterocycles. The lowest BCUT2D eigenvalue weighted by Crippen LogP contribution is -2.02. The maximum atomic E-state index is 4.29. The predicted molar refractivity (Wildman–Crippen MR) is 55.9 cm³/mol. The van der Waals surface area contributed by atoms with Crippen LogP contribution < -0.4 is 5.32 Å². The first-order valence-corrected chi connectivity index (χ1v) is 5.36. The third kappa shape index (κ3) is 1.82. The Bertz CT molecular complexity index is 310. The van der Waals surface area contributed by atoms with Gasteiger partial charge in [-0.2, -0.15) is 0 Å². The second-order valence-corrected chi connectivity index (χ2v) is 4.02. The quantitative estimate of drug-likeness (QED) is 0.885. The molecular formula is C9H12BrN3. The van der Waals surface area contributed by atoms with Crippen LogP contribution in [0.25, 0.3) is 0 Å². The van der Waals surface area contributed by atoms with Gasteiger partial charge in [0.05, 0.1) is 10.2 Å². The largest absolute Gasteiger partial charge is 0.369 e. The van der Waals surface area contributed by atoms with Gasteiger partial charge >= 0.3 is 0 Å². The number of nitrogens with one attached hydrogen (secondary N) is 1. The van der Waals surface area contributed by atoms with E-state index in [9.17, 15) is 0 Å². The number of hydrogen-bond donors (Lipinski definition) is 1. The van der Waals surface area contributed by atoms with E-state index in [1.807, 2.05) is 0 Å². The molecule has 1 aromatic rings. The van der Waals surface area contributed by atoms with E-state index in [2.05, 4.69) is 38.1 Å². The van der Waals surface area contributed by atoms with Crippen LogP contribution in [0.2, 0.25) is 0 Å². The fourth-order valence-electron chi connectivity index (χ4n) is 1.32. The van der Waals surface area contributed by atoms with Gasteiger partial charge < -0.3 is 5.32 Å². The first kappa shape index (κ1) is 8.94. The van der Waals surface area contributed by atoms with Gasteiger partial charge in [-0.25, -0.2) is 9.97 Å². The van der Waals surface area contributed by atoms with Crippen LogP contribution in [-0.4, -0.2) is 16.5 Å². The molecule has 1 N–H and O–H groups in total. The number of hydrogen-bond acceptors (Lipinski definition) is 3. The number of aromatic nitrogens is 2. The zero-order valence-electron chi connectivity index (χ0n) is 7.55. The van der Waals surface area contributed by atoms with Crippen molar-refractivity contribution >= 4 is 21.7 Å². The molecule has 0 unspecified atom stereocenters. The summed E-state index contributed by atoms with van der Waals surface area (Å²) < 4.78 is 1.04. The van der Waals surface area contributed by atoms with Crippen molar-refractivity contribution in [1.82, 2.24) is 9.97 Å². The molecule has 0 bridgehead atoms. The van der Waals surface area contributed by atoms with Crippen LogP contribution in [0.15, 0.2) is 10.8 Å². The van der Waals surface area contributed by atoms with Crippen LogP contribution in [0, 0.1) is 0 Å². The highest BCUT2D eigenvalue weighted by Gasteiger charge is 2.28. The Hall–Kier alpha value is -0.640. The molecule has 1 aliphatic carbocycles. The maximum absolute atomic E-state index is 4.29. The molecule has 13 heavy (non-hydrogen) atoms. The Morgan fingerprint density at radius 3 is 2.92 bits per heavy atom. The van der Waals surface area contributed by atoms with E-state index in [1.165, 1.54) is 12.8 Å². The van der Waals surface area contributed by atoms with Crippen molar-refractivity contribution in [2.75, 3.05) is 11.9 Å². The number of nitrogens with zero attached hydrogens (tertiary/aromatic N) is 2. The Kier molecular flexibility index (Phi) is 2.49. The standard InChI is InChI=1S/C9H12BrN3/c1-2-11-9-7(10)8(6-3-4-6)12-5-13-9/h5-6H,2-4H2,1H3,(H,11,12,13). The third-order valence-corrected chi connectivity index (χ3v) is 2.91. The van der Waals surface area contributed by atoms with Crippen molar-refractivity contribution in [3.05, 3.63) is 16.5 Å². The lowest BCUT2D eigenvalue weighted by molar-refractivity contribution is 0.967. The molecular weight excluding hydrogens is 230 g/mol. The summed E-state index contributed by atoms with van der Waals surface area (Å²) in [6.07, 6.45) is 4.17. The van der Waals surface area contributed by atoms with Crippen molar-refractivity contribution < 1.29 is 0 Å². The molecule has 0 amide bonds. The lowest BCUT2D eigenvalue weighted by atomic mass is 10.3. The van der Waals surface area contributed by atoms with Crippen molar-refractivity contribution in [2.24, 2.45) is 0 Å². The van der Waals surface area contributed by atoms with Gasteiger partial charge in [-0.05, 0) is 35.7 Å². The van der Waals surface area contributed by atoms with Crippen molar-refractivity contribution in [2.45, 2.75) is 25.7 Å². The van der Waals surface area contributed by atoms with Gasteiger partial charge in [-0.3, -0.25) is 0 Å². The second kappa shape index (κ2) is 3.62. The zero-order valence-corrected chi connectivity index (χ0v) is 9.13. The van der Waals surface area contributed by atoms with Crippen molar-refractivity contribution in [1.29, 1.82) is 0 Å². The summed E-state index contributed by atoms with van der Waals surface area (Å²) in [6, 6.07) is 0. The van der Waals surface area contributed by atoms with Crippen LogP contribution in [0.4, 0.5) is 5.82 Å². The third-order valence-electron chi connectivity index (χ3n) is 2.12. The van der Waals surface area contributed by atoms with Gasteiger partial charge in [-0.15, -0.1) is 0 Å². The Morgan fingerprint density at radius 1 is 1.54 bits per heavy atom. The SMILES string of the molecule is CCNc1ncnc(C2CC2)c1Br. The highest BCUT2D eigenvalue weighted by Crippen LogP contribution is 2.43. The van der Waals surface area contributed by atoms with E-state index < -0.39 is 0 Å². The highest BCUT2D eigenvalue weighted by atomic mass is 79.9. The molecule has 1 aromatic heterocycles. The number of halogens is 1. The van der Waals surface area contributed by atoms with Crippen molar-refractivity contribution in [3.8, 4) is 0 Å². The molecule has 0 atom stereocenters. The molecule has 0 radical (unpaired) electrons. The van der Waals surface area contributed by atoms with Gasteiger partial charge in [0, 0.05) is 12.5 Å². The van der Waals surface area contributed by atoms with E-state index in [0.29, 0.717) is 5.92 Å². The zero-order chi connectivity index (χ0) is 9.26. The molecule has 0 aromatic carbocycles. The number of anilines is 1. The van der Waals surface area contributed by atoms with Crippen LogP contribution in [-0.2, 0) is 0 Å². The number of rotatable bonds is 3. The van der Waals surface area contributed by atoms with E-state index >= 15 is 0 Å². The predicted octanol–water partition coefficient (Wildman–Crippen LogP) is 2.55. The molecule has 1 aliphatic rings. The fraction of sp³-hybridized carbons (Fsp3) is 0.556. The van der Waals surface area contributed by atoms with E-state index in [0.717, 1.165) is 22.5 Å². The van der Waals surface area contributed by atoms with Crippen LogP contribution >= 0.6 is 15.9 Å². The van der Waals surface area contributed by atoms with Crippen molar-refractivity contribution in [3.63, 3.8) is 0 Å². The Labute approximate surface area is 86.1 Å². The van der Waals surface area contributed by atoms with Gasteiger partial charge in [0.1, 0.15) is 12.1 Å². The lowest BCUT2D eigenvalue weighted by Gasteiger charge is -2.07. The first-order valence-electron chi connectivity index (χ1n) is 4.57. The smallest absolute Gasteiger partial charge is 0.144 e. The molecule has 1 heterocycles. The summed E-state index contributed by atoms with van der Waals surface area (Å²) in [4.78, 5) is 8.45. The van der Waals surface area contributed by atoms with Crippen LogP contribution in [0.3, 0.4) is 0 Å². The summed E-state index contributed by atoms with van der Waals surface area (Å²) in [7, 11) is 0. The summed E-state index contributed by atoms with van der Waals surface area (Å²) >= 11 is 3.54. The summed E-state index contributed by atoms with van der Waals surface area (Å²) in [5, 5.41) is 3.20. The average molecular weight is 242 g/mol. The molecule has 1 fully saturated rings. The minimum atomic E-state index is 0.662. The molecule has 4 heteroatoms. The van der Waals surface area contributed by atoms with Gasteiger partial charge in [0.25, 0.3) is 0 Å². The van der Waals surface area contributed by atoms with E-state index in [-0.39, 0.29) is 0 Å².